The van der Waals surface area contributed by atoms with Crippen molar-refractivity contribution in [2.45, 2.75) is 56.7 Å². The highest BCUT2D eigenvalue weighted by atomic mass is 15.3. The lowest BCUT2D eigenvalue weighted by atomic mass is 9.75. The van der Waals surface area contributed by atoms with Crippen molar-refractivity contribution >= 4 is 0 Å². The third kappa shape index (κ3) is 0.807. The fraction of sp³-hybridized carbons (Fsp3) is 0.900. The van der Waals surface area contributed by atoms with Crippen LogP contribution in [0.2, 0.25) is 0 Å². The maximum atomic E-state index is 2.78. The standard InChI is InChI=1S/C10H16N/c1-3-8(4-1)11-9-5-2-6-10(11)7-9/h3,8-10H,1-2,4-7H2. The normalized spacial score (nSPS) is 44.7. The highest BCUT2D eigenvalue weighted by Gasteiger charge is 2.45. The average Bonchev–Trinajstić information content (AvgIpc) is 1.98. The average molecular weight is 150 g/mol. The van der Waals surface area contributed by atoms with Crippen molar-refractivity contribution in [2.24, 2.45) is 0 Å². The lowest BCUT2D eigenvalue weighted by Crippen LogP contribution is -2.64. The number of nitrogens with zero attached hydrogens (tertiary/aromatic N) is 1. The van der Waals surface area contributed by atoms with Gasteiger partial charge in [0.05, 0.1) is 0 Å². The first-order chi connectivity index (χ1) is 5.45. The van der Waals surface area contributed by atoms with Gasteiger partial charge in [0.15, 0.2) is 0 Å². The number of rotatable bonds is 1. The number of hydrogen-bond donors (Lipinski definition) is 0. The van der Waals surface area contributed by atoms with Crippen molar-refractivity contribution in [2.75, 3.05) is 0 Å². The van der Waals surface area contributed by atoms with Crippen molar-refractivity contribution in [1.82, 2.24) is 4.90 Å². The Morgan fingerprint density at radius 2 is 1.82 bits per heavy atom. The van der Waals surface area contributed by atoms with E-state index in [2.05, 4.69) is 11.3 Å². The molecule has 3 rings (SSSR count). The summed E-state index contributed by atoms with van der Waals surface area (Å²) < 4.78 is 0. The van der Waals surface area contributed by atoms with Gasteiger partial charge >= 0.3 is 0 Å². The largest absolute Gasteiger partial charge is 0.294 e. The number of piperidine rings is 1. The van der Waals surface area contributed by atoms with Gasteiger partial charge in [-0.15, -0.1) is 0 Å². The minimum Gasteiger partial charge on any atom is -0.294 e. The number of hydrogen-bond acceptors (Lipinski definition) is 1. The van der Waals surface area contributed by atoms with Crippen LogP contribution >= 0.6 is 0 Å². The summed E-state index contributed by atoms with van der Waals surface area (Å²) >= 11 is 0. The van der Waals surface area contributed by atoms with E-state index in [1.165, 1.54) is 38.5 Å². The Hall–Kier alpha value is -0.0400. The summed E-state index contributed by atoms with van der Waals surface area (Å²) in [5.41, 5.74) is 0. The lowest BCUT2D eigenvalue weighted by molar-refractivity contribution is -0.0662. The van der Waals surface area contributed by atoms with Gasteiger partial charge in [-0.2, -0.15) is 0 Å². The van der Waals surface area contributed by atoms with Crippen LogP contribution in [0.3, 0.4) is 0 Å². The third-order valence-corrected chi connectivity index (χ3v) is 3.75. The second kappa shape index (κ2) is 2.22. The van der Waals surface area contributed by atoms with Gasteiger partial charge in [0, 0.05) is 18.1 Å². The van der Waals surface area contributed by atoms with E-state index >= 15 is 0 Å². The topological polar surface area (TPSA) is 3.24 Å². The summed E-state index contributed by atoms with van der Waals surface area (Å²) in [5, 5.41) is 0. The Kier molecular flexibility index (Phi) is 1.31. The quantitative estimate of drug-likeness (QED) is 0.552. The molecule has 1 radical (unpaired) electrons. The molecule has 0 aromatic carbocycles. The summed E-state index contributed by atoms with van der Waals surface area (Å²) in [7, 11) is 0. The van der Waals surface area contributed by atoms with Crippen LogP contribution in [-0.2, 0) is 0 Å². The smallest absolute Gasteiger partial charge is 0.0133 e. The third-order valence-electron chi connectivity index (χ3n) is 3.75. The molecule has 0 aromatic heterocycles. The molecule has 0 aromatic rings. The zero-order chi connectivity index (χ0) is 7.26. The second-order valence-corrected chi connectivity index (χ2v) is 4.30. The molecular weight excluding hydrogens is 134 g/mol. The first kappa shape index (κ1) is 6.47. The summed E-state index contributed by atoms with van der Waals surface area (Å²) in [5.74, 6) is 0. The molecule has 3 atom stereocenters. The Morgan fingerprint density at radius 3 is 2.27 bits per heavy atom. The molecule has 0 amide bonds. The summed E-state index contributed by atoms with van der Waals surface area (Å²) in [6.07, 6.45) is 11.3. The van der Waals surface area contributed by atoms with Gasteiger partial charge in [-0.3, -0.25) is 4.90 Å². The molecule has 1 heteroatoms. The van der Waals surface area contributed by atoms with Gasteiger partial charge in [-0.25, -0.2) is 0 Å². The van der Waals surface area contributed by atoms with E-state index in [1.807, 2.05) is 0 Å². The zero-order valence-electron chi connectivity index (χ0n) is 7.00. The molecule has 1 aliphatic carbocycles. The van der Waals surface area contributed by atoms with E-state index in [-0.39, 0.29) is 0 Å². The maximum absolute atomic E-state index is 2.78. The van der Waals surface area contributed by atoms with Gasteiger partial charge in [-0.05, 0) is 38.5 Å². The van der Waals surface area contributed by atoms with E-state index in [0.717, 1.165) is 18.1 Å². The molecule has 0 N–H and O–H groups in total. The van der Waals surface area contributed by atoms with Crippen LogP contribution < -0.4 is 0 Å². The van der Waals surface area contributed by atoms with Crippen molar-refractivity contribution in [3.8, 4) is 0 Å². The molecule has 0 spiro atoms. The van der Waals surface area contributed by atoms with Gasteiger partial charge in [0.1, 0.15) is 0 Å². The number of fused-ring (bicyclic) bond motifs is 2. The van der Waals surface area contributed by atoms with Crippen molar-refractivity contribution < 1.29 is 0 Å². The van der Waals surface area contributed by atoms with Crippen LogP contribution in [0.15, 0.2) is 0 Å². The van der Waals surface area contributed by atoms with E-state index in [9.17, 15) is 0 Å². The molecule has 3 fully saturated rings. The SMILES string of the molecule is [CH]1CCC1N1C2CCCC1C2. The molecule has 61 valence electrons. The molecule has 3 unspecified atom stereocenters. The molecule has 2 bridgehead atoms. The Morgan fingerprint density at radius 1 is 1.09 bits per heavy atom. The van der Waals surface area contributed by atoms with Crippen LogP contribution in [0.4, 0.5) is 0 Å². The predicted octanol–water partition coefficient (Wildman–Crippen LogP) is 1.98. The minimum absolute atomic E-state index is 0.902. The molecule has 2 aliphatic heterocycles. The van der Waals surface area contributed by atoms with Crippen molar-refractivity contribution in [3.63, 3.8) is 0 Å². The maximum Gasteiger partial charge on any atom is 0.0133 e. The molecule has 11 heavy (non-hydrogen) atoms. The summed E-state index contributed by atoms with van der Waals surface area (Å²) in [4.78, 5) is 2.78. The molecule has 1 saturated carbocycles. The molecule has 2 heterocycles. The van der Waals surface area contributed by atoms with Gasteiger partial charge in [-0.1, -0.05) is 6.42 Å². The molecule has 3 aliphatic rings. The predicted molar refractivity (Wildman–Crippen MR) is 45.2 cm³/mol. The second-order valence-electron chi connectivity index (χ2n) is 4.30. The van der Waals surface area contributed by atoms with Crippen molar-refractivity contribution in [1.29, 1.82) is 0 Å². The highest BCUT2D eigenvalue weighted by molar-refractivity contribution is 5.07. The fourth-order valence-corrected chi connectivity index (χ4v) is 2.97. The summed E-state index contributed by atoms with van der Waals surface area (Å²) in [6.45, 7) is 0. The van der Waals surface area contributed by atoms with Crippen molar-refractivity contribution in [3.05, 3.63) is 6.42 Å². The summed E-state index contributed by atoms with van der Waals surface area (Å²) in [6, 6.07) is 2.89. The highest BCUT2D eigenvalue weighted by Crippen LogP contribution is 2.43. The minimum atomic E-state index is 0.902. The first-order valence-corrected chi connectivity index (χ1v) is 5.06. The Labute approximate surface area is 68.8 Å². The Balaban J connectivity index is 1.69. The molecular formula is C10H16N. The van der Waals surface area contributed by atoms with E-state index in [4.69, 9.17) is 0 Å². The van der Waals surface area contributed by atoms with E-state index in [1.54, 1.807) is 0 Å². The monoisotopic (exact) mass is 150 g/mol. The van der Waals surface area contributed by atoms with Gasteiger partial charge in [0.2, 0.25) is 0 Å². The lowest BCUT2D eigenvalue weighted by Gasteiger charge is -2.58. The zero-order valence-corrected chi connectivity index (χ0v) is 7.00. The molecule has 1 nitrogen and oxygen atoms in total. The first-order valence-electron chi connectivity index (χ1n) is 5.06. The van der Waals surface area contributed by atoms with Crippen LogP contribution in [0.25, 0.3) is 0 Å². The van der Waals surface area contributed by atoms with Crippen LogP contribution in [0.5, 0.6) is 0 Å². The fourth-order valence-electron chi connectivity index (χ4n) is 2.97. The molecule has 2 saturated heterocycles. The van der Waals surface area contributed by atoms with E-state index in [0.29, 0.717) is 0 Å². The Bertz CT molecular complexity index is 146. The van der Waals surface area contributed by atoms with Gasteiger partial charge < -0.3 is 0 Å². The van der Waals surface area contributed by atoms with E-state index < -0.39 is 0 Å². The van der Waals surface area contributed by atoms with Crippen LogP contribution in [-0.4, -0.2) is 23.0 Å². The van der Waals surface area contributed by atoms with Crippen LogP contribution in [0, 0.1) is 6.42 Å². The van der Waals surface area contributed by atoms with Gasteiger partial charge in [0.25, 0.3) is 0 Å². The van der Waals surface area contributed by atoms with Crippen LogP contribution in [0.1, 0.15) is 38.5 Å².